The summed E-state index contributed by atoms with van der Waals surface area (Å²) >= 11 is 0. The topological polar surface area (TPSA) is 62.2 Å². The molecule has 1 rings (SSSR count). The van der Waals surface area contributed by atoms with E-state index in [1.165, 1.54) is 0 Å². The third kappa shape index (κ3) is 5.06. The molecule has 0 fully saturated rings. The van der Waals surface area contributed by atoms with Crippen molar-refractivity contribution in [3.05, 3.63) is 30.1 Å². The molecule has 94 valence electrons. The number of nitrogens with zero attached hydrogens (tertiary/aromatic N) is 1. The van der Waals surface area contributed by atoms with Crippen molar-refractivity contribution in [2.45, 2.75) is 32.2 Å². The van der Waals surface area contributed by atoms with Gasteiger partial charge < -0.3 is 10.4 Å². The predicted octanol–water partition coefficient (Wildman–Crippen LogP) is 1.41. The van der Waals surface area contributed by atoms with Crippen molar-refractivity contribution in [2.24, 2.45) is 0 Å². The van der Waals surface area contributed by atoms with E-state index in [9.17, 15) is 4.79 Å². The van der Waals surface area contributed by atoms with Crippen LogP contribution in [0, 0.1) is 0 Å². The van der Waals surface area contributed by atoms with Crippen LogP contribution in [-0.4, -0.2) is 34.6 Å². The second-order valence-electron chi connectivity index (χ2n) is 4.69. The van der Waals surface area contributed by atoms with E-state index in [-0.39, 0.29) is 17.9 Å². The summed E-state index contributed by atoms with van der Waals surface area (Å²) in [4.78, 5) is 15.6. The normalized spacial score (nSPS) is 11.5. The maximum Gasteiger partial charge on any atom is 0.164 e. The summed E-state index contributed by atoms with van der Waals surface area (Å²) in [5.74, 6) is 0.111. The van der Waals surface area contributed by atoms with Crippen molar-refractivity contribution in [3.63, 3.8) is 0 Å². The molecular formula is C13H20N2O2. The fourth-order valence-electron chi connectivity index (χ4n) is 1.56. The van der Waals surface area contributed by atoms with Crippen LogP contribution in [0.25, 0.3) is 0 Å². The number of ketones is 1. The van der Waals surface area contributed by atoms with E-state index in [4.69, 9.17) is 5.11 Å². The Kier molecular flexibility index (Phi) is 5.25. The lowest BCUT2D eigenvalue weighted by Gasteiger charge is -2.25. The third-order valence-electron chi connectivity index (χ3n) is 2.69. The van der Waals surface area contributed by atoms with E-state index in [2.05, 4.69) is 10.3 Å². The minimum atomic E-state index is -0.132. The average Bonchev–Trinajstić information content (AvgIpc) is 2.29. The molecule has 0 saturated carbocycles. The molecule has 17 heavy (non-hydrogen) atoms. The maximum absolute atomic E-state index is 11.8. The van der Waals surface area contributed by atoms with Crippen molar-refractivity contribution < 1.29 is 9.90 Å². The zero-order valence-electron chi connectivity index (χ0n) is 10.4. The zero-order chi connectivity index (χ0) is 12.7. The molecule has 1 heterocycles. The predicted molar refractivity (Wildman–Crippen MR) is 67.0 cm³/mol. The van der Waals surface area contributed by atoms with Gasteiger partial charge in [0, 0.05) is 43.1 Å². The summed E-state index contributed by atoms with van der Waals surface area (Å²) in [6.07, 6.45) is 4.38. The molecule has 0 atom stereocenters. The summed E-state index contributed by atoms with van der Waals surface area (Å²) in [6, 6.07) is 3.45. The lowest BCUT2D eigenvalue weighted by atomic mass is 10.0. The van der Waals surface area contributed by atoms with Gasteiger partial charge in [-0.25, -0.2) is 0 Å². The average molecular weight is 236 g/mol. The summed E-state index contributed by atoms with van der Waals surface area (Å²) in [7, 11) is 0. The first-order chi connectivity index (χ1) is 8.05. The Hall–Kier alpha value is -1.26. The van der Waals surface area contributed by atoms with Crippen molar-refractivity contribution in [1.29, 1.82) is 0 Å². The monoisotopic (exact) mass is 236 g/mol. The van der Waals surface area contributed by atoms with Crippen LogP contribution in [0.4, 0.5) is 0 Å². The quantitative estimate of drug-likeness (QED) is 0.703. The molecule has 0 radical (unpaired) electrons. The van der Waals surface area contributed by atoms with Gasteiger partial charge in [-0.15, -0.1) is 0 Å². The Morgan fingerprint density at radius 2 is 2.06 bits per heavy atom. The molecule has 0 aliphatic carbocycles. The Labute approximate surface area is 102 Å². The van der Waals surface area contributed by atoms with E-state index in [1.54, 1.807) is 24.5 Å². The van der Waals surface area contributed by atoms with E-state index >= 15 is 0 Å². The molecule has 2 N–H and O–H groups in total. The number of rotatable bonds is 7. The molecule has 4 heteroatoms. The van der Waals surface area contributed by atoms with Crippen LogP contribution in [0.3, 0.4) is 0 Å². The fourth-order valence-corrected chi connectivity index (χ4v) is 1.56. The van der Waals surface area contributed by atoms with Crippen LogP contribution in [0.5, 0.6) is 0 Å². The van der Waals surface area contributed by atoms with Gasteiger partial charge in [-0.1, -0.05) is 0 Å². The Balaban J connectivity index is 2.35. The molecule has 0 aromatic carbocycles. The number of pyridine rings is 1. The van der Waals surface area contributed by atoms with Gasteiger partial charge in [0.2, 0.25) is 0 Å². The number of Topliss-reactive ketones (excluding diaryl/α,β-unsaturated/α-hetero) is 1. The fraction of sp³-hybridized carbons (Fsp3) is 0.538. The van der Waals surface area contributed by atoms with Gasteiger partial charge in [0.25, 0.3) is 0 Å². The molecule has 1 aromatic rings. The van der Waals surface area contributed by atoms with Crippen molar-refractivity contribution in [2.75, 3.05) is 13.2 Å². The van der Waals surface area contributed by atoms with Crippen LogP contribution >= 0.6 is 0 Å². The summed E-state index contributed by atoms with van der Waals surface area (Å²) in [5.41, 5.74) is 0.564. The third-order valence-corrected chi connectivity index (χ3v) is 2.69. The smallest absolute Gasteiger partial charge is 0.164 e. The molecular weight excluding hydrogens is 216 g/mol. The van der Waals surface area contributed by atoms with Gasteiger partial charge in [0.05, 0.1) is 0 Å². The molecule has 1 aromatic heterocycles. The minimum absolute atomic E-state index is 0.111. The van der Waals surface area contributed by atoms with E-state index < -0.39 is 0 Å². The van der Waals surface area contributed by atoms with Gasteiger partial charge in [0.15, 0.2) is 5.78 Å². The Morgan fingerprint density at radius 1 is 1.41 bits per heavy atom. The van der Waals surface area contributed by atoms with Gasteiger partial charge in [-0.2, -0.15) is 0 Å². The molecule has 0 unspecified atom stereocenters. The maximum atomic E-state index is 11.8. The second kappa shape index (κ2) is 6.47. The minimum Gasteiger partial charge on any atom is -0.396 e. The molecule has 4 nitrogen and oxygen atoms in total. The summed E-state index contributed by atoms with van der Waals surface area (Å²) in [6.45, 7) is 4.80. The molecule has 0 aliphatic rings. The molecule has 0 bridgehead atoms. The number of carbonyl (C=O) groups is 1. The Bertz CT molecular complexity index is 350. The van der Waals surface area contributed by atoms with Gasteiger partial charge in [-0.05, 0) is 32.4 Å². The van der Waals surface area contributed by atoms with E-state index in [1.807, 2.05) is 13.8 Å². The van der Waals surface area contributed by atoms with Gasteiger partial charge in [0.1, 0.15) is 0 Å². The van der Waals surface area contributed by atoms with Crippen LogP contribution in [0.1, 0.15) is 37.0 Å². The first-order valence-corrected chi connectivity index (χ1v) is 5.84. The first kappa shape index (κ1) is 13.8. The molecule has 0 spiro atoms. The second-order valence-corrected chi connectivity index (χ2v) is 4.69. The lowest BCUT2D eigenvalue weighted by Crippen LogP contribution is -2.41. The van der Waals surface area contributed by atoms with E-state index in [0.29, 0.717) is 24.9 Å². The van der Waals surface area contributed by atoms with Crippen molar-refractivity contribution in [1.82, 2.24) is 10.3 Å². The summed E-state index contributed by atoms with van der Waals surface area (Å²) < 4.78 is 0. The van der Waals surface area contributed by atoms with Crippen LogP contribution in [0.2, 0.25) is 0 Å². The highest BCUT2D eigenvalue weighted by atomic mass is 16.3. The van der Waals surface area contributed by atoms with Gasteiger partial charge >= 0.3 is 0 Å². The first-order valence-electron chi connectivity index (χ1n) is 5.84. The number of aliphatic hydroxyl groups is 1. The summed E-state index contributed by atoms with van der Waals surface area (Å²) in [5, 5.41) is 12.1. The van der Waals surface area contributed by atoms with Gasteiger partial charge in [-0.3, -0.25) is 9.78 Å². The number of hydrogen-bond donors (Lipinski definition) is 2. The van der Waals surface area contributed by atoms with E-state index in [0.717, 1.165) is 0 Å². The Morgan fingerprint density at radius 3 is 2.65 bits per heavy atom. The molecule has 0 amide bonds. The highest BCUT2D eigenvalue weighted by molar-refractivity contribution is 5.95. The van der Waals surface area contributed by atoms with Crippen molar-refractivity contribution in [3.8, 4) is 0 Å². The SMILES string of the molecule is CC(C)(CCO)NCCC(=O)c1ccncc1. The number of nitrogens with one attached hydrogen (secondary N) is 1. The number of aliphatic hydroxyl groups excluding tert-OH is 1. The lowest BCUT2D eigenvalue weighted by molar-refractivity contribution is 0.0979. The van der Waals surface area contributed by atoms with Crippen LogP contribution in [-0.2, 0) is 0 Å². The number of carbonyl (C=O) groups excluding carboxylic acids is 1. The highest BCUT2D eigenvalue weighted by Crippen LogP contribution is 2.07. The molecule has 0 aliphatic heterocycles. The number of aromatic nitrogens is 1. The number of hydrogen-bond acceptors (Lipinski definition) is 4. The zero-order valence-corrected chi connectivity index (χ0v) is 10.4. The molecule has 0 saturated heterocycles. The standard InChI is InChI=1S/C13H20N2O2/c1-13(2,6-10-16)15-9-5-12(17)11-3-7-14-8-4-11/h3-4,7-8,15-16H,5-6,9-10H2,1-2H3. The van der Waals surface area contributed by atoms with Crippen molar-refractivity contribution >= 4 is 5.78 Å². The van der Waals surface area contributed by atoms with Crippen LogP contribution < -0.4 is 5.32 Å². The highest BCUT2D eigenvalue weighted by Gasteiger charge is 2.16. The largest absolute Gasteiger partial charge is 0.396 e. The van der Waals surface area contributed by atoms with Crippen LogP contribution in [0.15, 0.2) is 24.5 Å².